The molecule has 0 unspecified atom stereocenters. The fourth-order valence-corrected chi connectivity index (χ4v) is 1.41. The molecule has 60 valence electrons. The highest BCUT2D eigenvalue weighted by atomic mass is 32.1. The molecule has 0 aliphatic rings. The number of pyridine rings is 1. The lowest BCUT2D eigenvalue weighted by molar-refractivity contribution is 1.13. The fraction of sp³-hybridized carbons (Fsp3) is 0. The lowest BCUT2D eigenvalue weighted by atomic mass is 10.2. The number of fused-ring (bicyclic) bond motifs is 1. The smallest absolute Gasteiger partial charge is 0.0484 e. The number of nitrogens with zero attached hydrogens (tertiary/aromatic N) is 1. The standard InChI is InChI=1S/C9H6NOS/c11-10-6-5-9(12)7-3-1-2-4-8(7)10/h1-6H/q-1. The van der Waals surface area contributed by atoms with Crippen molar-refractivity contribution >= 4 is 23.1 Å². The van der Waals surface area contributed by atoms with Crippen molar-refractivity contribution in [3.63, 3.8) is 0 Å². The molecule has 2 aromatic rings. The Balaban J connectivity index is 3.05. The molecule has 1 heterocycles. The summed E-state index contributed by atoms with van der Waals surface area (Å²) < 4.78 is 1.54. The summed E-state index contributed by atoms with van der Waals surface area (Å²) in [6.45, 7) is 0. The summed E-state index contributed by atoms with van der Waals surface area (Å²) in [5, 5.41) is 12.0. The Labute approximate surface area is 74.6 Å². The van der Waals surface area contributed by atoms with E-state index in [0.717, 1.165) is 14.6 Å². The second-order valence-corrected chi connectivity index (χ2v) is 2.96. The molecule has 0 atom stereocenters. The summed E-state index contributed by atoms with van der Waals surface area (Å²) in [5.74, 6) is 0. The zero-order chi connectivity index (χ0) is 8.55. The zero-order valence-electron chi connectivity index (χ0n) is 6.23. The molecule has 0 saturated carbocycles. The highest BCUT2D eigenvalue weighted by Crippen LogP contribution is 2.13. The second-order valence-electron chi connectivity index (χ2n) is 2.52. The lowest BCUT2D eigenvalue weighted by Gasteiger charge is -2.13. The molecule has 2 rings (SSSR count). The van der Waals surface area contributed by atoms with Gasteiger partial charge < -0.3 is 9.94 Å². The van der Waals surface area contributed by atoms with Crippen LogP contribution in [0.4, 0.5) is 0 Å². The summed E-state index contributed by atoms with van der Waals surface area (Å²) in [7, 11) is 0. The average Bonchev–Trinajstić information content (AvgIpc) is 2.12. The Hall–Kier alpha value is -1.35. The van der Waals surface area contributed by atoms with Gasteiger partial charge in [-0.3, -0.25) is 0 Å². The minimum atomic E-state index is 0.630. The van der Waals surface area contributed by atoms with E-state index in [4.69, 9.17) is 12.2 Å². The van der Waals surface area contributed by atoms with E-state index in [2.05, 4.69) is 0 Å². The van der Waals surface area contributed by atoms with Gasteiger partial charge in [0.05, 0.1) is 0 Å². The van der Waals surface area contributed by atoms with Crippen LogP contribution in [-0.4, -0.2) is 4.73 Å². The quantitative estimate of drug-likeness (QED) is 0.577. The van der Waals surface area contributed by atoms with Gasteiger partial charge in [-0.2, -0.15) is 0 Å². The molecule has 3 heteroatoms. The molecular formula is C9H6NOS-. The summed E-state index contributed by atoms with van der Waals surface area (Å²) in [4.78, 5) is 0. The van der Waals surface area contributed by atoms with Crippen molar-refractivity contribution in [2.24, 2.45) is 0 Å². The Morgan fingerprint density at radius 1 is 1.17 bits per heavy atom. The molecule has 0 radical (unpaired) electrons. The van der Waals surface area contributed by atoms with Gasteiger partial charge in [0, 0.05) is 21.6 Å². The Bertz CT molecular complexity index is 475. The molecule has 0 fully saturated rings. The van der Waals surface area contributed by atoms with Crippen molar-refractivity contribution in [2.45, 2.75) is 0 Å². The normalized spacial score (nSPS) is 10.3. The first-order valence-electron chi connectivity index (χ1n) is 3.57. The molecule has 0 bridgehead atoms. The predicted molar refractivity (Wildman–Crippen MR) is 51.5 cm³/mol. The Kier molecular flexibility index (Phi) is 1.59. The molecule has 0 saturated heterocycles. The molecule has 12 heavy (non-hydrogen) atoms. The van der Waals surface area contributed by atoms with E-state index in [-0.39, 0.29) is 0 Å². The molecule has 0 aliphatic heterocycles. The third-order valence-corrected chi connectivity index (χ3v) is 2.12. The molecule has 1 aromatic carbocycles. The van der Waals surface area contributed by atoms with E-state index in [1.807, 2.05) is 18.2 Å². The number of hydrogen-bond donors (Lipinski definition) is 0. The van der Waals surface area contributed by atoms with Crippen LogP contribution in [0.25, 0.3) is 10.9 Å². The van der Waals surface area contributed by atoms with Gasteiger partial charge in [-0.15, -0.1) is 0 Å². The van der Waals surface area contributed by atoms with Crippen LogP contribution in [-0.2, 0) is 0 Å². The number of hydrogen-bond acceptors (Lipinski definition) is 2. The third-order valence-electron chi connectivity index (χ3n) is 1.77. The number of aromatic nitrogens is 1. The summed E-state index contributed by atoms with van der Waals surface area (Å²) >= 11 is 5.06. The SMILES string of the molecule is [O-]n1ccc(=S)c2ccccc21. The first-order valence-corrected chi connectivity index (χ1v) is 3.98. The first-order chi connectivity index (χ1) is 5.79. The maximum atomic E-state index is 11.2. The first kappa shape index (κ1) is 7.31. The van der Waals surface area contributed by atoms with Gasteiger partial charge >= 0.3 is 0 Å². The van der Waals surface area contributed by atoms with Crippen molar-refractivity contribution < 1.29 is 0 Å². The van der Waals surface area contributed by atoms with E-state index >= 15 is 0 Å². The molecule has 0 amide bonds. The molecule has 1 aromatic heterocycles. The van der Waals surface area contributed by atoms with Crippen LogP contribution in [0.15, 0.2) is 36.5 Å². The average molecular weight is 176 g/mol. The zero-order valence-corrected chi connectivity index (χ0v) is 7.04. The maximum Gasteiger partial charge on any atom is 0.0484 e. The van der Waals surface area contributed by atoms with E-state index < -0.39 is 0 Å². The van der Waals surface area contributed by atoms with Crippen LogP contribution in [0, 0.1) is 9.72 Å². The summed E-state index contributed by atoms with van der Waals surface area (Å²) in [6.07, 6.45) is 1.44. The van der Waals surface area contributed by atoms with Crippen LogP contribution in [0.2, 0.25) is 0 Å². The predicted octanol–water partition coefficient (Wildman–Crippen LogP) is 2.72. The lowest BCUT2D eigenvalue weighted by Crippen LogP contribution is -1.89. The van der Waals surface area contributed by atoms with Gasteiger partial charge in [0.1, 0.15) is 0 Å². The van der Waals surface area contributed by atoms with E-state index in [0.29, 0.717) is 5.52 Å². The monoisotopic (exact) mass is 176 g/mol. The van der Waals surface area contributed by atoms with Crippen molar-refractivity contribution in [3.8, 4) is 0 Å². The fourth-order valence-electron chi connectivity index (χ4n) is 1.18. The van der Waals surface area contributed by atoms with Gasteiger partial charge in [-0.1, -0.05) is 30.4 Å². The van der Waals surface area contributed by atoms with Gasteiger partial charge in [-0.25, -0.2) is 0 Å². The van der Waals surface area contributed by atoms with E-state index in [1.54, 1.807) is 12.1 Å². The van der Waals surface area contributed by atoms with Gasteiger partial charge in [0.25, 0.3) is 0 Å². The van der Waals surface area contributed by atoms with Crippen molar-refractivity contribution in [3.05, 3.63) is 46.2 Å². The van der Waals surface area contributed by atoms with Crippen LogP contribution in [0.1, 0.15) is 0 Å². The number of para-hydroxylation sites is 1. The van der Waals surface area contributed by atoms with Gasteiger partial charge in [0.2, 0.25) is 0 Å². The maximum absolute atomic E-state index is 11.2. The van der Waals surface area contributed by atoms with E-state index in [1.165, 1.54) is 6.20 Å². The molecule has 0 spiro atoms. The van der Waals surface area contributed by atoms with Crippen LogP contribution in [0.3, 0.4) is 0 Å². The number of rotatable bonds is 0. The second kappa shape index (κ2) is 2.60. The van der Waals surface area contributed by atoms with Gasteiger partial charge in [0.15, 0.2) is 0 Å². The van der Waals surface area contributed by atoms with Crippen molar-refractivity contribution in [2.75, 3.05) is 0 Å². The van der Waals surface area contributed by atoms with Crippen LogP contribution < -0.4 is 0 Å². The highest BCUT2D eigenvalue weighted by Gasteiger charge is 1.92. The molecule has 2 nitrogen and oxygen atoms in total. The number of benzene rings is 1. The molecular weight excluding hydrogens is 170 g/mol. The minimum Gasteiger partial charge on any atom is -0.806 e. The highest BCUT2D eigenvalue weighted by molar-refractivity contribution is 7.71. The van der Waals surface area contributed by atoms with E-state index in [9.17, 15) is 5.21 Å². The largest absolute Gasteiger partial charge is 0.806 e. The topological polar surface area (TPSA) is 28.0 Å². The third kappa shape index (κ3) is 0.987. The van der Waals surface area contributed by atoms with Gasteiger partial charge in [-0.05, 0) is 12.1 Å². The van der Waals surface area contributed by atoms with Crippen LogP contribution in [0.5, 0.6) is 0 Å². The Morgan fingerprint density at radius 2 is 1.92 bits per heavy atom. The Morgan fingerprint density at radius 3 is 2.67 bits per heavy atom. The summed E-state index contributed by atoms with van der Waals surface area (Å²) in [6, 6.07) is 8.96. The molecule has 0 aliphatic carbocycles. The minimum absolute atomic E-state index is 0.630. The summed E-state index contributed by atoms with van der Waals surface area (Å²) in [5.41, 5.74) is 0.630. The van der Waals surface area contributed by atoms with Crippen LogP contribution >= 0.6 is 12.2 Å². The van der Waals surface area contributed by atoms with Crippen molar-refractivity contribution in [1.82, 2.24) is 4.73 Å². The molecule has 0 N–H and O–H groups in total. The van der Waals surface area contributed by atoms with Crippen molar-refractivity contribution in [1.29, 1.82) is 0 Å².